The molecule has 0 aliphatic rings. The summed E-state index contributed by atoms with van der Waals surface area (Å²) in [5, 5.41) is 10.3. The zero-order valence-electron chi connectivity index (χ0n) is 26.7. The summed E-state index contributed by atoms with van der Waals surface area (Å²) >= 11 is 1.88. The van der Waals surface area contributed by atoms with Crippen LogP contribution >= 0.6 is 11.3 Å². The summed E-state index contributed by atoms with van der Waals surface area (Å²) in [4.78, 5) is 0. The monoisotopic (exact) mass is 638 g/mol. The molecular formula is C48H30S. The summed E-state index contributed by atoms with van der Waals surface area (Å²) < 4.78 is 2.67. The van der Waals surface area contributed by atoms with Crippen LogP contribution in [-0.2, 0) is 0 Å². The molecule has 0 fully saturated rings. The molecule has 0 aliphatic carbocycles. The van der Waals surface area contributed by atoms with Gasteiger partial charge in [0.15, 0.2) is 0 Å². The van der Waals surface area contributed by atoms with Crippen molar-refractivity contribution < 1.29 is 0 Å². The normalized spacial score (nSPS) is 11.7. The van der Waals surface area contributed by atoms with Gasteiger partial charge in [0.2, 0.25) is 0 Å². The van der Waals surface area contributed by atoms with Gasteiger partial charge in [0.05, 0.1) is 0 Å². The SMILES string of the molecule is c1ccc(-c2cccc(-c3c4ccccc4c(-c4cccc(-c5ccc6sc7cc8ccccc8cc7c6c5)c4)c4ccccc34)c2)cc1. The molecule has 0 aliphatic heterocycles. The van der Waals surface area contributed by atoms with E-state index in [1.807, 2.05) is 11.3 Å². The number of hydrogen-bond acceptors (Lipinski definition) is 1. The third-order valence-corrected chi connectivity index (χ3v) is 11.1. The van der Waals surface area contributed by atoms with Crippen LogP contribution in [0.25, 0.3) is 97.0 Å². The van der Waals surface area contributed by atoms with Crippen LogP contribution in [0.5, 0.6) is 0 Å². The largest absolute Gasteiger partial charge is 0.135 e. The fourth-order valence-electron chi connectivity index (χ4n) is 7.73. The molecule has 0 saturated carbocycles. The first-order chi connectivity index (χ1) is 24.3. The Morgan fingerprint density at radius 1 is 0.245 bits per heavy atom. The highest BCUT2D eigenvalue weighted by Gasteiger charge is 2.17. The van der Waals surface area contributed by atoms with Gasteiger partial charge in [-0.05, 0) is 113 Å². The molecule has 1 heterocycles. The molecule has 0 radical (unpaired) electrons. The Kier molecular flexibility index (Phi) is 6.47. The molecule has 1 heteroatoms. The quantitative estimate of drug-likeness (QED) is 0.168. The van der Waals surface area contributed by atoms with Crippen LogP contribution in [0.2, 0.25) is 0 Å². The second-order valence-corrected chi connectivity index (χ2v) is 14.0. The zero-order valence-corrected chi connectivity index (χ0v) is 27.5. The topological polar surface area (TPSA) is 0 Å². The van der Waals surface area contributed by atoms with Crippen molar-refractivity contribution >= 4 is 63.8 Å². The Hall–Kier alpha value is -6.02. The van der Waals surface area contributed by atoms with Gasteiger partial charge < -0.3 is 0 Å². The minimum atomic E-state index is 1.23. The predicted octanol–water partition coefficient (Wildman–Crippen LogP) is 14.2. The fourth-order valence-corrected chi connectivity index (χ4v) is 8.85. The Balaban J connectivity index is 1.16. The standard InChI is InChI=1S/C48H30S/c1-2-12-31(13-3-1)32-16-10-18-37(26-32)47-39-20-6-8-22-41(39)48(42-23-9-7-21-40(42)47)38-19-11-17-33(27-38)36-24-25-45-43(29-36)44-28-34-14-4-5-15-35(34)30-46(44)49-45/h1-30H. The predicted molar refractivity (Wildman–Crippen MR) is 214 cm³/mol. The minimum Gasteiger partial charge on any atom is -0.135 e. The molecular weight excluding hydrogens is 609 g/mol. The van der Waals surface area contributed by atoms with Crippen LogP contribution in [0.1, 0.15) is 0 Å². The van der Waals surface area contributed by atoms with Gasteiger partial charge in [-0.15, -0.1) is 11.3 Å². The molecule has 1 aromatic heterocycles. The lowest BCUT2D eigenvalue weighted by atomic mass is 9.85. The van der Waals surface area contributed by atoms with Crippen molar-refractivity contribution in [3.05, 3.63) is 182 Å². The van der Waals surface area contributed by atoms with Crippen molar-refractivity contribution in [2.45, 2.75) is 0 Å². The van der Waals surface area contributed by atoms with Gasteiger partial charge in [-0.1, -0.05) is 146 Å². The van der Waals surface area contributed by atoms with Gasteiger partial charge in [0, 0.05) is 20.2 Å². The molecule has 10 rings (SSSR count). The van der Waals surface area contributed by atoms with E-state index < -0.39 is 0 Å². The first-order valence-electron chi connectivity index (χ1n) is 16.8. The first kappa shape index (κ1) is 28.0. The lowest BCUT2D eigenvalue weighted by Gasteiger charge is -2.18. The zero-order chi connectivity index (χ0) is 32.3. The van der Waals surface area contributed by atoms with Crippen LogP contribution < -0.4 is 0 Å². The van der Waals surface area contributed by atoms with Crippen molar-refractivity contribution in [3.8, 4) is 44.5 Å². The summed E-state index contributed by atoms with van der Waals surface area (Å²) in [7, 11) is 0. The van der Waals surface area contributed by atoms with Crippen molar-refractivity contribution in [1.29, 1.82) is 0 Å². The maximum absolute atomic E-state index is 2.39. The highest BCUT2D eigenvalue weighted by Crippen LogP contribution is 2.45. The number of hydrogen-bond donors (Lipinski definition) is 0. The fraction of sp³-hybridized carbons (Fsp3) is 0. The van der Waals surface area contributed by atoms with E-state index in [4.69, 9.17) is 0 Å². The summed E-state index contributed by atoms with van der Waals surface area (Å²) in [5.74, 6) is 0. The van der Waals surface area contributed by atoms with E-state index in [0.717, 1.165) is 0 Å². The molecule has 0 atom stereocenters. The van der Waals surface area contributed by atoms with Crippen molar-refractivity contribution in [3.63, 3.8) is 0 Å². The highest BCUT2D eigenvalue weighted by atomic mass is 32.1. The second kappa shape index (κ2) is 11.3. The Morgan fingerprint density at radius 3 is 1.31 bits per heavy atom. The van der Waals surface area contributed by atoms with Crippen LogP contribution in [0.15, 0.2) is 182 Å². The smallest absolute Gasteiger partial charge is 0.0361 e. The maximum Gasteiger partial charge on any atom is 0.0361 e. The van der Waals surface area contributed by atoms with Gasteiger partial charge in [-0.25, -0.2) is 0 Å². The van der Waals surface area contributed by atoms with E-state index in [1.54, 1.807) is 0 Å². The summed E-state index contributed by atoms with van der Waals surface area (Å²) in [6.07, 6.45) is 0. The third kappa shape index (κ3) is 4.66. The number of rotatable bonds is 4. The van der Waals surface area contributed by atoms with E-state index in [2.05, 4.69) is 182 Å². The molecule has 10 aromatic rings. The van der Waals surface area contributed by atoms with Crippen molar-refractivity contribution in [2.24, 2.45) is 0 Å². The molecule has 0 amide bonds. The average molecular weight is 639 g/mol. The molecule has 9 aromatic carbocycles. The number of fused-ring (bicyclic) bond motifs is 6. The second-order valence-electron chi connectivity index (χ2n) is 12.9. The minimum absolute atomic E-state index is 1.23. The molecule has 0 nitrogen and oxygen atoms in total. The van der Waals surface area contributed by atoms with Gasteiger partial charge in [0.25, 0.3) is 0 Å². The average Bonchev–Trinajstić information content (AvgIpc) is 3.53. The summed E-state index contributed by atoms with van der Waals surface area (Å²) in [6, 6.07) is 67.0. The van der Waals surface area contributed by atoms with Gasteiger partial charge in [-0.3, -0.25) is 0 Å². The van der Waals surface area contributed by atoms with Crippen molar-refractivity contribution in [1.82, 2.24) is 0 Å². The molecule has 49 heavy (non-hydrogen) atoms. The van der Waals surface area contributed by atoms with Crippen LogP contribution in [0, 0.1) is 0 Å². The molecule has 0 unspecified atom stereocenters. The first-order valence-corrected chi connectivity index (χ1v) is 17.7. The molecule has 0 N–H and O–H groups in total. The third-order valence-electron chi connectivity index (χ3n) is 10.0. The van der Waals surface area contributed by atoms with Crippen LogP contribution in [0.3, 0.4) is 0 Å². The Bertz CT molecular complexity index is 2820. The number of thiophene rings is 1. The molecule has 228 valence electrons. The lowest BCUT2D eigenvalue weighted by Crippen LogP contribution is -1.91. The highest BCUT2D eigenvalue weighted by molar-refractivity contribution is 7.25. The molecule has 0 bridgehead atoms. The van der Waals surface area contributed by atoms with E-state index in [0.29, 0.717) is 0 Å². The van der Waals surface area contributed by atoms with Crippen LogP contribution in [-0.4, -0.2) is 0 Å². The molecule has 0 spiro atoms. The van der Waals surface area contributed by atoms with Gasteiger partial charge >= 0.3 is 0 Å². The molecule has 0 saturated heterocycles. The van der Waals surface area contributed by atoms with E-state index in [-0.39, 0.29) is 0 Å². The Labute approximate surface area is 289 Å². The van der Waals surface area contributed by atoms with Crippen molar-refractivity contribution in [2.75, 3.05) is 0 Å². The summed E-state index contributed by atoms with van der Waals surface area (Å²) in [6.45, 7) is 0. The summed E-state index contributed by atoms with van der Waals surface area (Å²) in [5.41, 5.74) is 9.96. The van der Waals surface area contributed by atoms with E-state index >= 15 is 0 Å². The van der Waals surface area contributed by atoms with Gasteiger partial charge in [0.1, 0.15) is 0 Å². The van der Waals surface area contributed by atoms with Crippen LogP contribution in [0.4, 0.5) is 0 Å². The lowest BCUT2D eigenvalue weighted by molar-refractivity contribution is 1.61. The van der Waals surface area contributed by atoms with Gasteiger partial charge in [-0.2, -0.15) is 0 Å². The van der Waals surface area contributed by atoms with E-state index in [9.17, 15) is 0 Å². The Morgan fingerprint density at radius 2 is 0.694 bits per heavy atom. The van der Waals surface area contributed by atoms with E-state index in [1.165, 1.54) is 97.0 Å². The maximum atomic E-state index is 2.39. The number of benzene rings is 9.